The van der Waals surface area contributed by atoms with Gasteiger partial charge in [-0.05, 0) is 25.1 Å². The predicted molar refractivity (Wildman–Crippen MR) is 79.0 cm³/mol. The Hall–Kier alpha value is -1.52. The summed E-state index contributed by atoms with van der Waals surface area (Å²) in [4.78, 5) is 12.4. The molecule has 4 nitrogen and oxygen atoms in total. The molecule has 6 heteroatoms. The van der Waals surface area contributed by atoms with Crippen LogP contribution in [-0.2, 0) is 13.5 Å². The van der Waals surface area contributed by atoms with Gasteiger partial charge in [0.05, 0.1) is 35.5 Å². The van der Waals surface area contributed by atoms with Crippen LogP contribution in [0.2, 0.25) is 10.0 Å². The van der Waals surface area contributed by atoms with Gasteiger partial charge in [-0.25, -0.2) is 0 Å². The van der Waals surface area contributed by atoms with E-state index in [1.54, 1.807) is 36.9 Å². The van der Waals surface area contributed by atoms with Gasteiger partial charge in [0.2, 0.25) is 0 Å². The highest BCUT2D eigenvalue weighted by molar-refractivity contribution is 6.32. The van der Waals surface area contributed by atoms with E-state index in [0.717, 1.165) is 0 Å². The molecule has 0 aliphatic heterocycles. The number of methoxy groups -OCH3 is 1. The molecular formula is C14H14Cl2N2O2. The molecule has 0 aliphatic rings. The fraction of sp³-hybridized carbons (Fsp3) is 0.286. The van der Waals surface area contributed by atoms with Crippen LogP contribution in [0, 0.1) is 6.92 Å². The SMILES string of the molecule is COc1cc(Cl)ccc1C(=O)Cc1c(Cl)c(C)nn1C. The maximum Gasteiger partial charge on any atom is 0.172 e. The lowest BCUT2D eigenvalue weighted by Gasteiger charge is -2.08. The van der Waals surface area contributed by atoms with E-state index in [2.05, 4.69) is 5.10 Å². The number of carbonyl (C=O) groups excluding carboxylic acids is 1. The van der Waals surface area contributed by atoms with Crippen molar-refractivity contribution in [3.8, 4) is 5.75 Å². The largest absolute Gasteiger partial charge is 0.496 e. The van der Waals surface area contributed by atoms with Crippen molar-refractivity contribution in [3.05, 3.63) is 45.2 Å². The molecule has 0 amide bonds. The van der Waals surface area contributed by atoms with Crippen molar-refractivity contribution < 1.29 is 9.53 Å². The first kappa shape index (κ1) is 14.9. The fourth-order valence-corrected chi connectivity index (χ4v) is 2.40. The molecule has 0 bridgehead atoms. The number of ether oxygens (including phenoxy) is 1. The van der Waals surface area contributed by atoms with E-state index < -0.39 is 0 Å². The summed E-state index contributed by atoms with van der Waals surface area (Å²) in [5, 5.41) is 5.24. The van der Waals surface area contributed by atoms with E-state index in [9.17, 15) is 4.79 Å². The Bertz CT molecular complexity index is 665. The monoisotopic (exact) mass is 312 g/mol. The summed E-state index contributed by atoms with van der Waals surface area (Å²) in [5.74, 6) is 0.362. The molecule has 0 atom stereocenters. The number of hydrogen-bond donors (Lipinski definition) is 0. The minimum atomic E-state index is -0.0941. The van der Waals surface area contributed by atoms with Crippen LogP contribution in [0.5, 0.6) is 5.75 Å². The summed E-state index contributed by atoms with van der Waals surface area (Å²) in [7, 11) is 3.27. The Labute approximate surface area is 127 Å². The molecule has 0 spiro atoms. The van der Waals surface area contributed by atoms with Crippen LogP contribution in [0.1, 0.15) is 21.7 Å². The topological polar surface area (TPSA) is 44.1 Å². The molecule has 2 rings (SSSR count). The van der Waals surface area contributed by atoms with Gasteiger partial charge in [-0.15, -0.1) is 0 Å². The summed E-state index contributed by atoms with van der Waals surface area (Å²) < 4.78 is 6.81. The second-order valence-electron chi connectivity index (χ2n) is 4.41. The van der Waals surface area contributed by atoms with Gasteiger partial charge in [0.25, 0.3) is 0 Å². The number of aryl methyl sites for hydroxylation is 2. The van der Waals surface area contributed by atoms with Crippen LogP contribution < -0.4 is 4.74 Å². The first-order valence-electron chi connectivity index (χ1n) is 5.98. The summed E-state index contributed by atoms with van der Waals surface area (Å²) in [5.41, 5.74) is 1.87. The van der Waals surface area contributed by atoms with Crippen molar-refractivity contribution >= 4 is 29.0 Å². The number of nitrogens with zero attached hydrogens (tertiary/aromatic N) is 2. The van der Waals surface area contributed by atoms with Gasteiger partial charge in [-0.1, -0.05) is 23.2 Å². The number of ketones is 1. The number of carbonyl (C=O) groups is 1. The smallest absolute Gasteiger partial charge is 0.172 e. The second-order valence-corrected chi connectivity index (χ2v) is 5.23. The quantitative estimate of drug-likeness (QED) is 0.812. The van der Waals surface area contributed by atoms with Gasteiger partial charge in [-0.3, -0.25) is 9.48 Å². The second kappa shape index (κ2) is 5.85. The lowest BCUT2D eigenvalue weighted by molar-refractivity contribution is 0.0988. The minimum absolute atomic E-state index is 0.0941. The molecule has 0 saturated carbocycles. The van der Waals surface area contributed by atoms with E-state index in [0.29, 0.717) is 32.7 Å². The zero-order chi connectivity index (χ0) is 14.9. The molecule has 2 aromatic rings. The summed E-state index contributed by atoms with van der Waals surface area (Å²) in [6, 6.07) is 4.93. The molecule has 0 N–H and O–H groups in total. The molecule has 0 saturated heterocycles. The van der Waals surface area contributed by atoms with Gasteiger partial charge >= 0.3 is 0 Å². The Morgan fingerprint density at radius 2 is 2.10 bits per heavy atom. The third kappa shape index (κ3) is 2.81. The molecule has 0 aliphatic carbocycles. The van der Waals surface area contributed by atoms with Gasteiger partial charge < -0.3 is 4.74 Å². The number of halogens is 2. The first-order chi connectivity index (χ1) is 9.43. The molecule has 20 heavy (non-hydrogen) atoms. The number of rotatable bonds is 4. The van der Waals surface area contributed by atoms with Gasteiger partial charge in [0, 0.05) is 12.1 Å². The third-order valence-electron chi connectivity index (χ3n) is 3.05. The summed E-state index contributed by atoms with van der Waals surface area (Å²) in [6.07, 6.45) is 0.161. The van der Waals surface area contributed by atoms with Crippen LogP contribution >= 0.6 is 23.2 Å². The minimum Gasteiger partial charge on any atom is -0.496 e. The zero-order valence-corrected chi connectivity index (χ0v) is 12.9. The lowest BCUT2D eigenvalue weighted by Crippen LogP contribution is -2.09. The summed E-state index contributed by atoms with van der Waals surface area (Å²) >= 11 is 12.0. The molecule has 0 radical (unpaired) electrons. The number of Topliss-reactive ketones (excluding diaryl/α,β-unsaturated/α-hetero) is 1. The van der Waals surface area contributed by atoms with Crippen LogP contribution in [0.15, 0.2) is 18.2 Å². The molecule has 1 aromatic carbocycles. The fourth-order valence-electron chi connectivity index (χ4n) is 2.01. The Morgan fingerprint density at radius 3 is 2.65 bits per heavy atom. The molecule has 0 unspecified atom stereocenters. The van der Waals surface area contributed by atoms with E-state index >= 15 is 0 Å². The third-order valence-corrected chi connectivity index (χ3v) is 3.78. The van der Waals surface area contributed by atoms with E-state index in [1.807, 2.05) is 0 Å². The molecular weight excluding hydrogens is 299 g/mol. The molecule has 1 heterocycles. The van der Waals surface area contributed by atoms with Crippen LogP contribution in [0.3, 0.4) is 0 Å². The lowest BCUT2D eigenvalue weighted by atomic mass is 10.1. The average molecular weight is 313 g/mol. The number of benzene rings is 1. The number of aromatic nitrogens is 2. The van der Waals surface area contributed by atoms with Gasteiger partial charge in [-0.2, -0.15) is 5.10 Å². The van der Waals surface area contributed by atoms with Crippen molar-refractivity contribution in [2.75, 3.05) is 7.11 Å². The highest BCUT2D eigenvalue weighted by Crippen LogP contribution is 2.26. The first-order valence-corrected chi connectivity index (χ1v) is 6.74. The highest BCUT2D eigenvalue weighted by Gasteiger charge is 2.18. The Morgan fingerprint density at radius 1 is 1.40 bits per heavy atom. The predicted octanol–water partition coefficient (Wildman–Crippen LogP) is 3.47. The van der Waals surface area contributed by atoms with E-state index in [4.69, 9.17) is 27.9 Å². The van der Waals surface area contributed by atoms with Crippen molar-refractivity contribution in [2.45, 2.75) is 13.3 Å². The summed E-state index contributed by atoms with van der Waals surface area (Å²) in [6.45, 7) is 1.80. The van der Waals surface area contributed by atoms with Gasteiger partial charge in [0.1, 0.15) is 5.75 Å². The van der Waals surface area contributed by atoms with Gasteiger partial charge in [0.15, 0.2) is 5.78 Å². The Balaban J connectivity index is 2.33. The maximum absolute atomic E-state index is 12.4. The number of hydrogen-bond acceptors (Lipinski definition) is 3. The van der Waals surface area contributed by atoms with Crippen molar-refractivity contribution in [3.63, 3.8) is 0 Å². The highest BCUT2D eigenvalue weighted by atomic mass is 35.5. The Kier molecular flexibility index (Phi) is 4.35. The van der Waals surface area contributed by atoms with Crippen LogP contribution in [0.25, 0.3) is 0 Å². The molecule has 106 valence electrons. The zero-order valence-electron chi connectivity index (χ0n) is 11.4. The molecule has 0 fully saturated rings. The van der Waals surface area contributed by atoms with Crippen LogP contribution in [-0.4, -0.2) is 22.7 Å². The van der Waals surface area contributed by atoms with Crippen LogP contribution in [0.4, 0.5) is 0 Å². The normalized spacial score (nSPS) is 10.7. The maximum atomic E-state index is 12.4. The standard InChI is InChI=1S/C14H14Cl2N2O2/c1-8-14(16)11(18(2)17-8)7-12(19)10-5-4-9(15)6-13(10)20-3/h4-6H,7H2,1-3H3. The van der Waals surface area contributed by atoms with E-state index in [-0.39, 0.29) is 12.2 Å². The van der Waals surface area contributed by atoms with E-state index in [1.165, 1.54) is 7.11 Å². The van der Waals surface area contributed by atoms with Crippen molar-refractivity contribution in [1.82, 2.24) is 9.78 Å². The molecule has 1 aromatic heterocycles. The van der Waals surface area contributed by atoms with Crippen molar-refractivity contribution in [1.29, 1.82) is 0 Å². The average Bonchev–Trinajstić information content (AvgIpc) is 2.65. The van der Waals surface area contributed by atoms with Crippen molar-refractivity contribution in [2.24, 2.45) is 7.05 Å².